The molecule has 11 nitrogen and oxygen atoms in total. The Morgan fingerprint density at radius 3 is 2.68 bits per heavy atom. The third-order valence-corrected chi connectivity index (χ3v) is 5.69. The van der Waals surface area contributed by atoms with Crippen LogP contribution in [0.15, 0.2) is 52.4 Å². The largest absolute Gasteiger partial charge is 0.454 e. The monoisotopic (exact) mass is 446 g/mol. The Hall–Kier alpha value is -3.80. The van der Waals surface area contributed by atoms with Gasteiger partial charge >= 0.3 is 5.97 Å². The van der Waals surface area contributed by atoms with Gasteiger partial charge in [0, 0.05) is 11.6 Å². The minimum Gasteiger partial charge on any atom is -0.454 e. The fraction of sp³-hybridized carbons (Fsp3) is 0.211. The van der Waals surface area contributed by atoms with Crippen LogP contribution in [-0.4, -0.2) is 43.7 Å². The third kappa shape index (κ3) is 4.86. The SMILES string of the molecule is Cc1ccc(NC(=O)COC(=O)[C@H](C)N=C2NS(=O)(=O)c3ccccc32)c([N+](=O)[O-])c1. The number of sulfonamides is 1. The zero-order valence-electron chi connectivity index (χ0n) is 16.5. The van der Waals surface area contributed by atoms with E-state index in [9.17, 15) is 28.1 Å². The van der Waals surface area contributed by atoms with Gasteiger partial charge in [0.15, 0.2) is 6.61 Å². The number of benzene rings is 2. The molecule has 0 spiro atoms. The van der Waals surface area contributed by atoms with Crippen LogP contribution in [0.25, 0.3) is 0 Å². The number of aryl methyl sites for hydroxylation is 1. The minimum absolute atomic E-state index is 0.000202. The zero-order chi connectivity index (χ0) is 22.8. The van der Waals surface area contributed by atoms with E-state index in [1.807, 2.05) is 0 Å². The number of nitro groups is 1. The highest BCUT2D eigenvalue weighted by atomic mass is 32.2. The standard InChI is InChI=1S/C19H18N4O7S/c1-11-7-8-14(15(9-11)23(26)27)21-17(24)10-30-19(25)12(2)20-18-13-5-3-4-6-16(13)31(28,29)22-18/h3-9,12H,10H2,1-2H3,(H,20,22)(H,21,24)/t12-/m0/s1. The molecule has 1 aliphatic rings. The van der Waals surface area contributed by atoms with E-state index in [1.165, 1.54) is 25.1 Å². The lowest BCUT2D eigenvalue weighted by Crippen LogP contribution is -2.29. The van der Waals surface area contributed by atoms with Gasteiger partial charge in [-0.15, -0.1) is 0 Å². The van der Waals surface area contributed by atoms with Crippen LogP contribution < -0.4 is 10.0 Å². The number of fused-ring (bicyclic) bond motifs is 1. The van der Waals surface area contributed by atoms with Crippen LogP contribution in [0, 0.1) is 17.0 Å². The molecule has 31 heavy (non-hydrogen) atoms. The number of carbonyl (C=O) groups excluding carboxylic acids is 2. The van der Waals surface area contributed by atoms with Crippen molar-refractivity contribution in [1.29, 1.82) is 0 Å². The van der Waals surface area contributed by atoms with Gasteiger partial charge in [0.2, 0.25) is 0 Å². The van der Waals surface area contributed by atoms with E-state index in [0.717, 1.165) is 0 Å². The number of hydrogen-bond donors (Lipinski definition) is 2. The molecule has 12 heteroatoms. The highest BCUT2D eigenvalue weighted by Gasteiger charge is 2.31. The maximum atomic E-state index is 12.2. The molecule has 0 aromatic heterocycles. The molecule has 1 atom stereocenters. The molecule has 0 unspecified atom stereocenters. The van der Waals surface area contributed by atoms with Crippen molar-refractivity contribution in [3.05, 3.63) is 63.7 Å². The van der Waals surface area contributed by atoms with Crippen LogP contribution in [0.5, 0.6) is 0 Å². The summed E-state index contributed by atoms with van der Waals surface area (Å²) >= 11 is 0. The molecule has 0 radical (unpaired) electrons. The predicted molar refractivity (Wildman–Crippen MR) is 110 cm³/mol. The second kappa shape index (κ2) is 8.52. The topological polar surface area (TPSA) is 157 Å². The van der Waals surface area contributed by atoms with Gasteiger partial charge in [-0.05, 0) is 37.6 Å². The van der Waals surface area contributed by atoms with Gasteiger partial charge in [0.05, 0.1) is 9.82 Å². The van der Waals surface area contributed by atoms with E-state index in [-0.39, 0.29) is 22.1 Å². The van der Waals surface area contributed by atoms with Crippen LogP contribution in [0.1, 0.15) is 18.1 Å². The van der Waals surface area contributed by atoms with E-state index in [0.29, 0.717) is 11.1 Å². The van der Waals surface area contributed by atoms with Crippen molar-refractivity contribution < 1.29 is 27.7 Å². The normalized spacial score (nSPS) is 16.1. The van der Waals surface area contributed by atoms with Gasteiger partial charge in [0.1, 0.15) is 17.6 Å². The fourth-order valence-electron chi connectivity index (χ4n) is 2.82. The van der Waals surface area contributed by atoms with Crippen LogP contribution in [0.2, 0.25) is 0 Å². The van der Waals surface area contributed by atoms with E-state index in [4.69, 9.17) is 4.74 Å². The molecule has 0 aliphatic carbocycles. The van der Waals surface area contributed by atoms with E-state index in [2.05, 4.69) is 15.0 Å². The number of amides is 1. The van der Waals surface area contributed by atoms with Crippen molar-refractivity contribution in [3.8, 4) is 0 Å². The Morgan fingerprint density at radius 2 is 1.97 bits per heavy atom. The first kappa shape index (κ1) is 21.9. The van der Waals surface area contributed by atoms with Crippen LogP contribution >= 0.6 is 0 Å². The summed E-state index contributed by atoms with van der Waals surface area (Å²) < 4.78 is 31.4. The number of anilines is 1. The van der Waals surface area contributed by atoms with Gasteiger partial charge in [-0.3, -0.25) is 24.6 Å². The maximum Gasteiger partial charge on any atom is 0.331 e. The van der Waals surface area contributed by atoms with Gasteiger partial charge in [-0.1, -0.05) is 18.2 Å². The first-order valence-electron chi connectivity index (χ1n) is 9.00. The summed E-state index contributed by atoms with van der Waals surface area (Å²) in [5.74, 6) is -1.64. The highest BCUT2D eigenvalue weighted by molar-refractivity contribution is 7.90. The summed E-state index contributed by atoms with van der Waals surface area (Å²) in [5, 5.41) is 13.4. The Bertz CT molecular complexity index is 1210. The Morgan fingerprint density at radius 1 is 1.26 bits per heavy atom. The Balaban J connectivity index is 1.63. The van der Waals surface area contributed by atoms with Crippen LogP contribution in [0.3, 0.4) is 0 Å². The fourth-order valence-corrected chi connectivity index (χ4v) is 4.06. The number of ether oxygens (including phenoxy) is 1. The number of nitrogens with zero attached hydrogens (tertiary/aromatic N) is 2. The predicted octanol–water partition coefficient (Wildman–Crippen LogP) is 1.51. The van der Waals surface area contributed by atoms with Crippen molar-refractivity contribution >= 4 is 39.1 Å². The van der Waals surface area contributed by atoms with Crippen molar-refractivity contribution in [1.82, 2.24) is 4.72 Å². The molecule has 162 valence electrons. The van der Waals surface area contributed by atoms with Gasteiger partial charge < -0.3 is 10.1 Å². The summed E-state index contributed by atoms with van der Waals surface area (Å²) in [7, 11) is -3.75. The molecule has 3 rings (SSSR count). The molecule has 2 aromatic rings. The molecule has 1 heterocycles. The molecular formula is C19H18N4O7S. The maximum absolute atomic E-state index is 12.2. The molecular weight excluding hydrogens is 428 g/mol. The number of rotatable bonds is 6. The number of nitro benzene ring substituents is 1. The zero-order valence-corrected chi connectivity index (χ0v) is 17.3. The Kier molecular flexibility index (Phi) is 6.02. The highest BCUT2D eigenvalue weighted by Crippen LogP contribution is 2.25. The van der Waals surface area contributed by atoms with Gasteiger partial charge in [0.25, 0.3) is 21.6 Å². The molecule has 0 fully saturated rings. The lowest BCUT2D eigenvalue weighted by Gasteiger charge is -2.10. The Labute approximate surface area is 177 Å². The third-order valence-electron chi connectivity index (χ3n) is 4.30. The molecule has 0 saturated carbocycles. The molecule has 0 saturated heterocycles. The molecule has 1 aliphatic heterocycles. The summed E-state index contributed by atoms with van der Waals surface area (Å²) in [5.41, 5.74) is 0.660. The number of nitrogens with one attached hydrogen (secondary N) is 2. The molecule has 1 amide bonds. The second-order valence-corrected chi connectivity index (χ2v) is 8.34. The molecule has 2 aromatic carbocycles. The first-order valence-corrected chi connectivity index (χ1v) is 10.5. The van der Waals surface area contributed by atoms with E-state index in [1.54, 1.807) is 31.2 Å². The van der Waals surface area contributed by atoms with Gasteiger partial charge in [-0.25, -0.2) is 13.2 Å². The average Bonchev–Trinajstić information content (AvgIpc) is 2.97. The number of hydrogen-bond acceptors (Lipinski definition) is 8. The van der Waals surface area contributed by atoms with Crippen LogP contribution in [-0.2, 0) is 24.3 Å². The first-order chi connectivity index (χ1) is 14.6. The second-order valence-electron chi connectivity index (χ2n) is 6.69. The minimum atomic E-state index is -3.75. The van der Waals surface area contributed by atoms with Crippen molar-refractivity contribution in [3.63, 3.8) is 0 Å². The quantitative estimate of drug-likeness (QED) is 0.387. The number of carbonyl (C=O) groups is 2. The van der Waals surface area contributed by atoms with Crippen LogP contribution in [0.4, 0.5) is 11.4 Å². The van der Waals surface area contributed by atoms with Crippen molar-refractivity contribution in [2.45, 2.75) is 24.8 Å². The summed E-state index contributed by atoms with van der Waals surface area (Å²) in [6.45, 7) is 2.36. The van der Waals surface area contributed by atoms with E-state index >= 15 is 0 Å². The number of esters is 1. The lowest BCUT2D eigenvalue weighted by molar-refractivity contribution is -0.384. The number of amidine groups is 1. The van der Waals surface area contributed by atoms with Crippen molar-refractivity contribution in [2.24, 2.45) is 4.99 Å². The molecule has 2 N–H and O–H groups in total. The van der Waals surface area contributed by atoms with E-state index < -0.39 is 39.5 Å². The van der Waals surface area contributed by atoms with Crippen molar-refractivity contribution in [2.75, 3.05) is 11.9 Å². The van der Waals surface area contributed by atoms with Gasteiger partial charge in [-0.2, -0.15) is 0 Å². The smallest absolute Gasteiger partial charge is 0.331 e. The lowest BCUT2D eigenvalue weighted by atomic mass is 10.2. The summed E-state index contributed by atoms with van der Waals surface area (Å²) in [6.07, 6.45) is 0. The molecule has 0 bridgehead atoms. The number of aliphatic imine (C=N–C) groups is 1. The summed E-state index contributed by atoms with van der Waals surface area (Å²) in [6, 6.07) is 9.33. The average molecular weight is 446 g/mol. The summed E-state index contributed by atoms with van der Waals surface area (Å²) in [4.78, 5) is 38.8.